The molecule has 4 aliphatic rings. The van der Waals surface area contributed by atoms with Crippen molar-refractivity contribution in [3.8, 4) is 0 Å². The second kappa shape index (κ2) is 5.89. The van der Waals surface area contributed by atoms with Crippen molar-refractivity contribution in [3.63, 3.8) is 0 Å². The number of hydrogen-bond donors (Lipinski definition) is 0. The van der Waals surface area contributed by atoms with Gasteiger partial charge in [0.15, 0.2) is 11.9 Å². The number of nitrogens with zero attached hydrogens (tertiary/aromatic N) is 5. The van der Waals surface area contributed by atoms with Gasteiger partial charge in [-0.3, -0.25) is 14.7 Å². The van der Waals surface area contributed by atoms with Gasteiger partial charge in [-0.2, -0.15) is 4.98 Å². The maximum absolute atomic E-state index is 13.8. The van der Waals surface area contributed by atoms with Crippen LogP contribution in [0.1, 0.15) is 56.8 Å². The molecule has 1 aromatic carbocycles. The molecule has 0 bridgehead atoms. The van der Waals surface area contributed by atoms with Crippen LogP contribution in [0.5, 0.6) is 0 Å². The average molecular weight is 393 g/mol. The predicted molar refractivity (Wildman–Crippen MR) is 106 cm³/mol. The summed E-state index contributed by atoms with van der Waals surface area (Å²) in [5, 5.41) is 4.16. The Morgan fingerprint density at radius 3 is 2.76 bits per heavy atom. The fourth-order valence-electron chi connectivity index (χ4n) is 4.87. The highest BCUT2D eigenvalue weighted by atomic mass is 16.5. The lowest BCUT2D eigenvalue weighted by atomic mass is 9.98. The Balaban J connectivity index is 1.41. The Labute approximate surface area is 168 Å². The summed E-state index contributed by atoms with van der Waals surface area (Å²) < 4.78 is 11.6. The van der Waals surface area contributed by atoms with Crippen LogP contribution in [0.4, 0.5) is 11.4 Å². The number of ether oxygens (including phenoxy) is 1. The van der Waals surface area contributed by atoms with E-state index in [9.17, 15) is 4.79 Å². The summed E-state index contributed by atoms with van der Waals surface area (Å²) in [6, 6.07) is 6.84. The van der Waals surface area contributed by atoms with Crippen molar-refractivity contribution < 1.29 is 14.1 Å². The fraction of sp³-hybridized carbons (Fsp3) is 0.524. The molecule has 8 heteroatoms. The average Bonchev–Trinajstić information content (AvgIpc) is 3.16. The molecule has 0 radical (unpaired) electrons. The number of carbonyl (C=O) groups is 1. The minimum Gasteiger partial charge on any atom is -0.355 e. The van der Waals surface area contributed by atoms with Crippen molar-refractivity contribution in [1.82, 2.24) is 10.1 Å². The maximum Gasteiger partial charge on any atom is 0.255 e. The number of amides is 1. The van der Waals surface area contributed by atoms with Crippen molar-refractivity contribution >= 4 is 23.6 Å². The van der Waals surface area contributed by atoms with E-state index < -0.39 is 17.8 Å². The second-order valence-corrected chi connectivity index (χ2v) is 8.66. The number of para-hydroxylation sites is 2. The number of carbonyl (C=O) groups excluding carboxylic acids is 1. The van der Waals surface area contributed by atoms with Gasteiger partial charge in [0.2, 0.25) is 0 Å². The molecule has 1 saturated carbocycles. The van der Waals surface area contributed by atoms with Crippen molar-refractivity contribution in [1.29, 1.82) is 0 Å². The van der Waals surface area contributed by atoms with Gasteiger partial charge in [0, 0.05) is 12.5 Å². The van der Waals surface area contributed by atoms with Crippen LogP contribution in [0.3, 0.4) is 0 Å². The predicted octanol–water partition coefficient (Wildman–Crippen LogP) is 3.02. The largest absolute Gasteiger partial charge is 0.355 e. The Kier molecular flexibility index (Phi) is 3.48. The molecule has 5 unspecified atom stereocenters. The SMILES string of the molecule is CC1CC1c1noc(C2N=CN3c4ccccc4N(C4(C)CCCO4)C(=O)C23)n1. The molecule has 1 saturated heterocycles. The van der Waals surface area contributed by atoms with Gasteiger partial charge in [-0.25, -0.2) is 0 Å². The van der Waals surface area contributed by atoms with Gasteiger partial charge in [-0.05, 0) is 44.2 Å². The van der Waals surface area contributed by atoms with E-state index in [0.717, 1.165) is 36.5 Å². The molecule has 5 atom stereocenters. The topological polar surface area (TPSA) is 84.1 Å². The number of anilines is 2. The van der Waals surface area contributed by atoms with Gasteiger partial charge >= 0.3 is 0 Å². The minimum atomic E-state index is -0.657. The summed E-state index contributed by atoms with van der Waals surface area (Å²) in [6.45, 7) is 4.83. The molecule has 0 spiro atoms. The first-order valence-electron chi connectivity index (χ1n) is 10.3. The molecule has 2 aromatic rings. The van der Waals surface area contributed by atoms with Gasteiger partial charge in [0.25, 0.3) is 11.8 Å². The summed E-state index contributed by atoms with van der Waals surface area (Å²) in [5.74, 6) is 2.04. The van der Waals surface area contributed by atoms with E-state index in [1.54, 1.807) is 6.34 Å². The highest BCUT2D eigenvalue weighted by Gasteiger charge is 2.53. The third-order valence-corrected chi connectivity index (χ3v) is 6.65. The van der Waals surface area contributed by atoms with Gasteiger partial charge in [0.05, 0.1) is 17.7 Å². The Bertz CT molecular complexity index is 1010. The van der Waals surface area contributed by atoms with Gasteiger partial charge in [-0.1, -0.05) is 24.2 Å². The molecule has 2 fully saturated rings. The van der Waals surface area contributed by atoms with Crippen LogP contribution < -0.4 is 9.80 Å². The van der Waals surface area contributed by atoms with Crippen LogP contribution in [0.2, 0.25) is 0 Å². The summed E-state index contributed by atoms with van der Waals surface area (Å²) >= 11 is 0. The maximum atomic E-state index is 13.8. The fourth-order valence-corrected chi connectivity index (χ4v) is 4.87. The van der Waals surface area contributed by atoms with E-state index in [-0.39, 0.29) is 5.91 Å². The molecular weight excluding hydrogens is 370 g/mol. The van der Waals surface area contributed by atoms with Crippen molar-refractivity contribution in [2.45, 2.75) is 56.8 Å². The molecule has 3 aliphatic heterocycles. The molecule has 8 nitrogen and oxygen atoms in total. The number of aromatic nitrogens is 2. The number of fused-ring (bicyclic) bond motifs is 3. The van der Waals surface area contributed by atoms with Gasteiger partial charge in [0.1, 0.15) is 11.8 Å². The second-order valence-electron chi connectivity index (χ2n) is 8.66. The quantitative estimate of drug-likeness (QED) is 0.797. The van der Waals surface area contributed by atoms with Crippen molar-refractivity contribution in [2.75, 3.05) is 16.4 Å². The van der Waals surface area contributed by atoms with E-state index >= 15 is 0 Å². The normalized spacial score (nSPS) is 35.2. The summed E-state index contributed by atoms with van der Waals surface area (Å²) in [6.07, 6.45) is 4.54. The lowest BCUT2D eigenvalue weighted by molar-refractivity contribution is -0.125. The van der Waals surface area contributed by atoms with Crippen molar-refractivity contribution in [3.05, 3.63) is 36.0 Å². The van der Waals surface area contributed by atoms with Crippen LogP contribution in [0, 0.1) is 5.92 Å². The lowest BCUT2D eigenvalue weighted by Crippen LogP contribution is -2.60. The number of benzene rings is 1. The first kappa shape index (κ1) is 17.1. The molecular formula is C21H23N5O3. The van der Waals surface area contributed by atoms with Crippen LogP contribution in [0.15, 0.2) is 33.8 Å². The molecule has 4 heterocycles. The monoisotopic (exact) mass is 393 g/mol. The molecule has 29 heavy (non-hydrogen) atoms. The zero-order chi connectivity index (χ0) is 19.8. The Morgan fingerprint density at radius 1 is 1.24 bits per heavy atom. The summed E-state index contributed by atoms with van der Waals surface area (Å²) in [7, 11) is 0. The lowest BCUT2D eigenvalue weighted by Gasteiger charge is -2.45. The van der Waals surface area contributed by atoms with E-state index in [1.807, 2.05) is 41.0 Å². The Hall–Kier alpha value is -2.74. The first-order valence-corrected chi connectivity index (χ1v) is 10.3. The van der Waals surface area contributed by atoms with E-state index in [0.29, 0.717) is 24.3 Å². The zero-order valence-corrected chi connectivity index (χ0v) is 16.5. The third kappa shape index (κ3) is 2.41. The standard InChI is InChI=1S/C21H23N5O3/c1-12-10-13(12)18-23-19(29-24-18)16-17-20(27)26(21(2)8-5-9-28-21)15-7-4-3-6-14(15)25(17)11-22-16/h3-4,6-7,11-13,16-17H,5,8-10H2,1-2H3. The van der Waals surface area contributed by atoms with Gasteiger partial charge < -0.3 is 14.2 Å². The number of aliphatic imine (C=N–C) groups is 1. The highest BCUT2D eigenvalue weighted by Crippen LogP contribution is 2.48. The molecule has 150 valence electrons. The Morgan fingerprint density at radius 2 is 2.03 bits per heavy atom. The number of rotatable bonds is 3. The molecule has 6 rings (SSSR count). The first-order chi connectivity index (χ1) is 14.1. The van der Waals surface area contributed by atoms with Crippen molar-refractivity contribution in [2.24, 2.45) is 10.9 Å². The van der Waals surface area contributed by atoms with Crippen LogP contribution in [0.25, 0.3) is 0 Å². The minimum absolute atomic E-state index is 0.0462. The smallest absolute Gasteiger partial charge is 0.255 e. The third-order valence-electron chi connectivity index (χ3n) is 6.65. The molecule has 1 aliphatic carbocycles. The van der Waals surface area contributed by atoms with Gasteiger partial charge in [-0.15, -0.1) is 0 Å². The van der Waals surface area contributed by atoms with E-state index in [4.69, 9.17) is 9.26 Å². The highest BCUT2D eigenvalue weighted by molar-refractivity contribution is 6.12. The summed E-state index contributed by atoms with van der Waals surface area (Å²) in [4.78, 5) is 26.8. The van der Waals surface area contributed by atoms with Crippen LogP contribution in [-0.2, 0) is 9.53 Å². The number of hydrogen-bond acceptors (Lipinski definition) is 7. The van der Waals surface area contributed by atoms with E-state index in [2.05, 4.69) is 22.1 Å². The molecule has 1 aromatic heterocycles. The summed E-state index contributed by atoms with van der Waals surface area (Å²) in [5.41, 5.74) is 1.13. The molecule has 1 amide bonds. The van der Waals surface area contributed by atoms with Crippen LogP contribution in [-0.4, -0.2) is 40.8 Å². The molecule has 0 N–H and O–H groups in total. The van der Waals surface area contributed by atoms with E-state index in [1.165, 1.54) is 0 Å². The van der Waals surface area contributed by atoms with Crippen LogP contribution >= 0.6 is 0 Å². The zero-order valence-electron chi connectivity index (χ0n) is 16.5.